The summed E-state index contributed by atoms with van der Waals surface area (Å²) in [5, 5.41) is 16.2. The third kappa shape index (κ3) is 13.4. The highest BCUT2D eigenvalue weighted by Crippen LogP contribution is 2.42. The molecule has 0 radical (unpaired) electrons. The van der Waals surface area contributed by atoms with Crippen molar-refractivity contribution in [1.82, 2.24) is 20.5 Å². The number of carbonyl (C=O) groups is 6. The number of aliphatic hydroxyl groups excluding tert-OH is 1. The highest BCUT2D eigenvalue weighted by Gasteiger charge is 2.53. The van der Waals surface area contributed by atoms with Gasteiger partial charge in [-0.25, -0.2) is 9.37 Å². The molecule has 4 heterocycles. The van der Waals surface area contributed by atoms with E-state index in [-0.39, 0.29) is 68.9 Å². The van der Waals surface area contributed by atoms with Crippen LogP contribution in [0.5, 0.6) is 5.75 Å². The lowest BCUT2D eigenvalue weighted by atomic mass is 9.85. The SMILES string of the molecule is Cc1ncsc1-c1ccc(CNC(=O)[C@@H]2C[C@@H](O)CN2C(=O)[C@@H](NC(=O)C2(F)CC2)C(C)(C)C)c(OCCCCCc2ccc(CO[C@H](C)[C@H](CCC(N)=O)CC(=O)[C@@H]3Cc4cccc5c4N3C(=O)[C@@H](N)CC5)cc2)c1. The van der Waals surface area contributed by atoms with E-state index in [0.29, 0.717) is 44.6 Å². The number of hydrogen-bond donors (Lipinski definition) is 5. The number of Topliss-reactive ketones (excluding diaryl/α,β-unsaturated/α-hetero) is 1. The second-order valence-corrected chi connectivity index (χ2v) is 23.2. The maximum Gasteiger partial charge on any atom is 0.258 e. The van der Waals surface area contributed by atoms with Gasteiger partial charge in [-0.15, -0.1) is 11.3 Å². The Morgan fingerprint density at radius 2 is 1.74 bits per heavy atom. The maximum absolute atomic E-state index is 14.7. The van der Waals surface area contributed by atoms with Gasteiger partial charge in [0, 0.05) is 44.3 Å². The van der Waals surface area contributed by atoms with Gasteiger partial charge in [-0.1, -0.05) is 75.4 Å². The average molecular weight is 1060 g/mol. The first-order chi connectivity index (χ1) is 36.2. The molecule has 7 N–H and O–H groups in total. The van der Waals surface area contributed by atoms with Gasteiger partial charge in [0.15, 0.2) is 11.5 Å². The first-order valence-electron chi connectivity index (χ1n) is 26.8. The Morgan fingerprint density at radius 1 is 1.00 bits per heavy atom. The lowest BCUT2D eigenvalue weighted by molar-refractivity contribution is -0.145. The van der Waals surface area contributed by atoms with Crippen molar-refractivity contribution in [2.45, 2.75) is 173 Å². The summed E-state index contributed by atoms with van der Waals surface area (Å²) < 4.78 is 27.5. The highest BCUT2D eigenvalue weighted by atomic mass is 32.1. The number of hydrogen-bond acceptors (Lipinski definition) is 12. The van der Waals surface area contributed by atoms with Crippen LogP contribution in [0.4, 0.5) is 10.1 Å². The van der Waals surface area contributed by atoms with E-state index in [9.17, 15) is 38.3 Å². The number of nitrogens with two attached hydrogens (primary N) is 2. The van der Waals surface area contributed by atoms with Crippen LogP contribution in [0.15, 0.2) is 66.2 Å². The average Bonchev–Trinajstić information content (AvgIpc) is 3.68. The molecule has 76 heavy (non-hydrogen) atoms. The minimum atomic E-state index is -1.98. The number of ketones is 1. The number of likely N-dealkylation sites (tertiary alicyclic amines) is 1. The molecule has 408 valence electrons. The number of ether oxygens (including phenoxy) is 2. The van der Waals surface area contributed by atoms with E-state index in [1.165, 1.54) is 21.8 Å². The Kier molecular flexibility index (Phi) is 17.8. The molecule has 8 rings (SSSR count). The zero-order valence-corrected chi connectivity index (χ0v) is 45.2. The van der Waals surface area contributed by atoms with Crippen molar-refractivity contribution in [2.75, 3.05) is 18.1 Å². The topological polar surface area (TPSA) is 237 Å². The van der Waals surface area contributed by atoms with Crippen molar-refractivity contribution in [3.63, 3.8) is 0 Å². The second-order valence-electron chi connectivity index (χ2n) is 22.4. The maximum atomic E-state index is 14.7. The zero-order chi connectivity index (χ0) is 54.5. The Bertz CT molecular complexity index is 2780. The second kappa shape index (κ2) is 24.1. The lowest BCUT2D eigenvalue weighted by Crippen LogP contribution is -2.59. The number of carbonyl (C=O) groups excluding carboxylic acids is 6. The molecule has 3 aromatic carbocycles. The van der Waals surface area contributed by atoms with E-state index >= 15 is 0 Å². The molecule has 1 saturated carbocycles. The number of thiazole rings is 1. The first kappa shape index (κ1) is 56.1. The summed E-state index contributed by atoms with van der Waals surface area (Å²) in [6.07, 6.45) is 4.63. The third-order valence-electron chi connectivity index (χ3n) is 15.5. The summed E-state index contributed by atoms with van der Waals surface area (Å²) >= 11 is 1.53. The Morgan fingerprint density at radius 3 is 2.43 bits per heavy atom. The summed E-state index contributed by atoms with van der Waals surface area (Å²) in [6, 6.07) is 16.6. The molecule has 1 aliphatic carbocycles. The van der Waals surface area contributed by atoms with Gasteiger partial charge in [-0.3, -0.25) is 33.7 Å². The standard InChI is InChI=1S/C58H74FN7O9S/c1-34-51(76-33-63-34)41-17-18-42(30-62-53(70)46-29-43(67)31-65(46)55(72)52(57(3,4)5)64-56(73)58(59)23-24-58)48(28-41)74-25-8-6-7-10-36-13-15-37(16-14-36)32-75-35(2)39(20-22-49(61)69)27-47(68)45-26-40-12-9-11-38-19-21-44(60)54(71)66(45)50(38)40/h9,11-18,28,33,35,39,43-46,52,67H,6-8,10,19-27,29-32,60H2,1-5H3,(H2,61,69)(H,62,70)(H,64,73)/t35-,39-,43-,44+,45+,46+,52-/m1/s1. The number of anilines is 1. The van der Waals surface area contributed by atoms with Gasteiger partial charge in [0.05, 0.1) is 59.3 Å². The predicted molar refractivity (Wildman–Crippen MR) is 288 cm³/mol. The number of nitrogens with zero attached hydrogens (tertiary/aromatic N) is 3. The highest BCUT2D eigenvalue weighted by molar-refractivity contribution is 7.13. The fourth-order valence-electron chi connectivity index (χ4n) is 10.7. The largest absolute Gasteiger partial charge is 0.493 e. The molecule has 18 heteroatoms. The zero-order valence-electron chi connectivity index (χ0n) is 44.4. The van der Waals surface area contributed by atoms with Crippen molar-refractivity contribution in [3.05, 3.63) is 99.7 Å². The van der Waals surface area contributed by atoms with Gasteiger partial charge in [-0.05, 0) is 117 Å². The van der Waals surface area contributed by atoms with Crippen molar-refractivity contribution in [2.24, 2.45) is 22.8 Å². The molecule has 5 amide bonds. The number of halogens is 1. The Hall–Kier alpha value is -6.08. The number of aliphatic hydroxyl groups is 1. The van der Waals surface area contributed by atoms with E-state index < -0.39 is 65.0 Å². The lowest BCUT2D eigenvalue weighted by Gasteiger charge is -2.35. The predicted octanol–water partition coefficient (Wildman–Crippen LogP) is 6.50. The number of alkyl halides is 1. The number of aromatic nitrogens is 1. The van der Waals surface area contributed by atoms with Gasteiger partial charge in [0.25, 0.3) is 5.91 Å². The van der Waals surface area contributed by atoms with Crippen molar-refractivity contribution < 1.29 is 47.7 Å². The number of aryl methyl sites for hydroxylation is 3. The number of β-amino-alcohol motifs (C(OH)–C–C–N with tert-alkyl or cyclic N) is 1. The van der Waals surface area contributed by atoms with Gasteiger partial charge in [-0.2, -0.15) is 0 Å². The Balaban J connectivity index is 0.817. The fraction of sp³-hybridized carbons (Fsp3) is 0.534. The van der Waals surface area contributed by atoms with Gasteiger partial charge in [0.2, 0.25) is 23.6 Å². The fourth-order valence-corrected chi connectivity index (χ4v) is 11.5. The molecular weight excluding hydrogens is 990 g/mol. The minimum absolute atomic E-state index is 0.0193. The van der Waals surface area contributed by atoms with Gasteiger partial charge in [0.1, 0.15) is 17.8 Å². The van der Waals surface area contributed by atoms with Crippen LogP contribution in [0.1, 0.15) is 125 Å². The number of para-hydroxylation sites is 1. The number of nitrogens with one attached hydrogen (secondary N) is 2. The third-order valence-corrected chi connectivity index (χ3v) is 16.5. The Labute approximate surface area is 448 Å². The van der Waals surface area contributed by atoms with Crippen LogP contribution in [0.25, 0.3) is 10.4 Å². The minimum Gasteiger partial charge on any atom is -0.493 e. The smallest absolute Gasteiger partial charge is 0.258 e. The van der Waals surface area contributed by atoms with Crippen LogP contribution in [0.2, 0.25) is 0 Å². The van der Waals surface area contributed by atoms with E-state index in [4.69, 9.17) is 20.9 Å². The molecule has 4 aliphatic rings. The van der Waals surface area contributed by atoms with Crippen LogP contribution >= 0.6 is 11.3 Å². The van der Waals surface area contributed by atoms with Crippen LogP contribution in [0.3, 0.4) is 0 Å². The molecule has 16 nitrogen and oxygen atoms in total. The van der Waals surface area contributed by atoms with E-state index in [1.54, 1.807) is 31.2 Å². The molecule has 0 spiro atoms. The van der Waals surface area contributed by atoms with E-state index in [2.05, 4.69) is 27.8 Å². The van der Waals surface area contributed by atoms with Crippen LogP contribution in [-0.2, 0) is 65.9 Å². The number of primary amides is 1. The van der Waals surface area contributed by atoms with Gasteiger partial charge >= 0.3 is 0 Å². The first-order valence-corrected chi connectivity index (χ1v) is 27.7. The molecule has 7 atom stereocenters. The van der Waals surface area contributed by atoms with Crippen LogP contribution in [0, 0.1) is 18.3 Å². The van der Waals surface area contributed by atoms with Crippen LogP contribution < -0.4 is 31.7 Å². The van der Waals surface area contributed by atoms with Crippen molar-refractivity contribution >= 4 is 52.3 Å². The monoisotopic (exact) mass is 1060 g/mol. The van der Waals surface area contributed by atoms with Crippen LogP contribution in [-0.4, -0.2) is 106 Å². The molecule has 1 aromatic heterocycles. The number of rotatable bonds is 24. The molecule has 3 aliphatic heterocycles. The molecule has 4 aromatic rings. The molecule has 0 unspecified atom stereocenters. The number of unbranched alkanes of at least 4 members (excludes halogenated alkanes) is 2. The van der Waals surface area contributed by atoms with E-state index in [1.807, 2.05) is 62.4 Å². The summed E-state index contributed by atoms with van der Waals surface area (Å²) in [5.74, 6) is -2.28. The number of benzene rings is 3. The molecule has 0 bridgehead atoms. The van der Waals surface area contributed by atoms with E-state index in [0.717, 1.165) is 69.8 Å². The molecular formula is C58H74FN7O9S. The van der Waals surface area contributed by atoms with Crippen molar-refractivity contribution in [1.29, 1.82) is 0 Å². The summed E-state index contributed by atoms with van der Waals surface area (Å²) in [7, 11) is 0. The summed E-state index contributed by atoms with van der Waals surface area (Å²) in [6.45, 7) is 9.90. The quantitative estimate of drug-likeness (QED) is 0.0475. The van der Waals surface area contributed by atoms with Crippen molar-refractivity contribution in [3.8, 4) is 16.2 Å². The summed E-state index contributed by atoms with van der Waals surface area (Å²) in [4.78, 5) is 88.4. The normalized spacial score (nSPS) is 20.8. The summed E-state index contributed by atoms with van der Waals surface area (Å²) in [5.41, 5.74) is 18.4. The number of amides is 5. The van der Waals surface area contributed by atoms with Gasteiger partial charge < -0.3 is 41.6 Å². The molecule has 2 fully saturated rings. The molecule has 1 saturated heterocycles.